The first-order chi connectivity index (χ1) is 17.8. The van der Waals surface area contributed by atoms with Crippen LogP contribution in [0.25, 0.3) is 10.9 Å². The van der Waals surface area contributed by atoms with Crippen molar-refractivity contribution in [3.8, 4) is 0 Å². The van der Waals surface area contributed by atoms with E-state index in [2.05, 4.69) is 56.9 Å². The van der Waals surface area contributed by atoms with Gasteiger partial charge in [0.1, 0.15) is 6.04 Å². The molecule has 0 fully saturated rings. The zero-order valence-electron chi connectivity index (χ0n) is 22.0. The van der Waals surface area contributed by atoms with Gasteiger partial charge in [0.25, 0.3) is 0 Å². The summed E-state index contributed by atoms with van der Waals surface area (Å²) in [5, 5.41) is 7.23. The molecule has 3 N–H and O–H groups in total. The number of carbonyl (C=O) groups is 2. The molecule has 1 aromatic heterocycles. The molecule has 0 spiro atoms. The normalized spacial score (nSPS) is 12.8. The average molecular weight is 497 g/mol. The Morgan fingerprint density at radius 2 is 1.57 bits per heavy atom. The maximum Gasteiger partial charge on any atom is 0.242 e. The summed E-state index contributed by atoms with van der Waals surface area (Å²) >= 11 is 0. The third kappa shape index (κ3) is 6.39. The molecule has 0 aliphatic rings. The van der Waals surface area contributed by atoms with Crippen LogP contribution in [0.1, 0.15) is 36.5 Å². The number of rotatable bonds is 10. The number of anilines is 1. The third-order valence-electron chi connectivity index (χ3n) is 6.76. The van der Waals surface area contributed by atoms with E-state index in [1.165, 1.54) is 0 Å². The summed E-state index contributed by atoms with van der Waals surface area (Å²) in [6.07, 6.45) is 2.27. The predicted molar refractivity (Wildman–Crippen MR) is 151 cm³/mol. The van der Waals surface area contributed by atoms with Gasteiger partial charge in [-0.15, -0.1) is 0 Å². The molecule has 0 aliphatic carbocycles. The molecule has 37 heavy (non-hydrogen) atoms. The van der Waals surface area contributed by atoms with Crippen LogP contribution in [0, 0.1) is 5.92 Å². The summed E-state index contributed by atoms with van der Waals surface area (Å²) in [6, 6.07) is 25.6. The first-order valence-corrected chi connectivity index (χ1v) is 12.8. The highest BCUT2D eigenvalue weighted by Gasteiger charge is 2.26. The van der Waals surface area contributed by atoms with Crippen molar-refractivity contribution >= 4 is 28.4 Å². The van der Waals surface area contributed by atoms with E-state index in [4.69, 9.17) is 0 Å². The maximum absolute atomic E-state index is 13.3. The molecule has 6 heteroatoms. The smallest absolute Gasteiger partial charge is 0.242 e. The van der Waals surface area contributed by atoms with Gasteiger partial charge >= 0.3 is 0 Å². The number of fused-ring (bicyclic) bond motifs is 1. The topological polar surface area (TPSA) is 77.2 Å². The Bertz CT molecular complexity index is 1330. The zero-order chi connectivity index (χ0) is 26.4. The number of hydrogen-bond acceptors (Lipinski definition) is 3. The number of benzene rings is 3. The van der Waals surface area contributed by atoms with E-state index in [9.17, 15) is 9.59 Å². The van der Waals surface area contributed by atoms with Gasteiger partial charge in [0, 0.05) is 49.3 Å². The SMILES string of the molecule is CC(C)C(NC(=O)Cc1ccccc1)C(=O)NCC(c1ccc(N(C)C)cc1)c1c[nH]c2ccccc12. The lowest BCUT2D eigenvalue weighted by Gasteiger charge is -2.24. The fourth-order valence-corrected chi connectivity index (χ4v) is 4.65. The van der Waals surface area contributed by atoms with Gasteiger partial charge in [-0.1, -0.05) is 74.5 Å². The van der Waals surface area contributed by atoms with E-state index in [-0.39, 0.29) is 30.1 Å². The molecule has 2 amide bonds. The van der Waals surface area contributed by atoms with Crippen LogP contribution in [-0.4, -0.2) is 43.5 Å². The Kier molecular flexibility index (Phi) is 8.29. The number of amides is 2. The minimum absolute atomic E-state index is 0.0503. The van der Waals surface area contributed by atoms with Gasteiger partial charge in [-0.25, -0.2) is 0 Å². The first kappa shape index (κ1) is 26.0. The number of aromatic nitrogens is 1. The first-order valence-electron chi connectivity index (χ1n) is 12.8. The van der Waals surface area contributed by atoms with E-state index in [0.717, 1.165) is 33.3 Å². The van der Waals surface area contributed by atoms with E-state index in [1.807, 2.05) is 76.6 Å². The Morgan fingerprint density at radius 3 is 2.24 bits per heavy atom. The fourth-order valence-electron chi connectivity index (χ4n) is 4.65. The van der Waals surface area contributed by atoms with Crippen molar-refractivity contribution in [2.24, 2.45) is 5.92 Å². The average Bonchev–Trinajstić information content (AvgIpc) is 3.32. The molecule has 4 rings (SSSR count). The van der Waals surface area contributed by atoms with Gasteiger partial charge in [0.2, 0.25) is 11.8 Å². The van der Waals surface area contributed by atoms with Gasteiger partial charge in [-0.05, 0) is 40.8 Å². The van der Waals surface area contributed by atoms with Crippen LogP contribution < -0.4 is 15.5 Å². The van der Waals surface area contributed by atoms with Crippen molar-refractivity contribution in [1.29, 1.82) is 0 Å². The number of H-pyrrole nitrogens is 1. The molecule has 1 heterocycles. The minimum atomic E-state index is -0.615. The summed E-state index contributed by atoms with van der Waals surface area (Å²) < 4.78 is 0. The summed E-state index contributed by atoms with van der Waals surface area (Å²) in [5.41, 5.74) is 5.34. The van der Waals surface area contributed by atoms with Crippen LogP contribution in [-0.2, 0) is 16.0 Å². The Morgan fingerprint density at radius 1 is 0.892 bits per heavy atom. The summed E-state index contributed by atoms with van der Waals surface area (Å²) in [5.74, 6) is -0.437. The number of carbonyl (C=O) groups excluding carboxylic acids is 2. The molecule has 0 saturated heterocycles. The minimum Gasteiger partial charge on any atom is -0.378 e. The quantitative estimate of drug-likeness (QED) is 0.293. The monoisotopic (exact) mass is 496 g/mol. The molecule has 0 saturated carbocycles. The van der Waals surface area contributed by atoms with Crippen molar-refractivity contribution in [2.75, 3.05) is 25.5 Å². The van der Waals surface area contributed by atoms with Crippen LogP contribution in [0.5, 0.6) is 0 Å². The van der Waals surface area contributed by atoms with E-state index in [0.29, 0.717) is 6.54 Å². The molecule has 0 radical (unpaired) electrons. The molecular formula is C31H36N4O2. The van der Waals surface area contributed by atoms with Crippen molar-refractivity contribution in [2.45, 2.75) is 32.2 Å². The molecule has 0 bridgehead atoms. The highest BCUT2D eigenvalue weighted by molar-refractivity contribution is 5.89. The second kappa shape index (κ2) is 11.8. The third-order valence-corrected chi connectivity index (χ3v) is 6.76. The highest BCUT2D eigenvalue weighted by atomic mass is 16.2. The van der Waals surface area contributed by atoms with E-state index < -0.39 is 6.04 Å². The Hall–Kier alpha value is -4.06. The lowest BCUT2D eigenvalue weighted by Crippen LogP contribution is -2.50. The van der Waals surface area contributed by atoms with Crippen molar-refractivity contribution < 1.29 is 9.59 Å². The molecule has 4 aromatic rings. The molecule has 6 nitrogen and oxygen atoms in total. The molecule has 2 unspecified atom stereocenters. The Balaban J connectivity index is 1.53. The maximum atomic E-state index is 13.3. The van der Waals surface area contributed by atoms with Crippen LogP contribution in [0.2, 0.25) is 0 Å². The van der Waals surface area contributed by atoms with Crippen LogP contribution in [0.4, 0.5) is 5.69 Å². The van der Waals surface area contributed by atoms with Crippen LogP contribution in [0.15, 0.2) is 85.1 Å². The number of nitrogens with zero attached hydrogens (tertiary/aromatic N) is 1. The van der Waals surface area contributed by atoms with Gasteiger partial charge in [-0.2, -0.15) is 0 Å². The van der Waals surface area contributed by atoms with Gasteiger partial charge in [0.05, 0.1) is 6.42 Å². The second-order valence-electron chi connectivity index (χ2n) is 10.0. The second-order valence-corrected chi connectivity index (χ2v) is 10.0. The van der Waals surface area contributed by atoms with Crippen LogP contribution in [0.3, 0.4) is 0 Å². The molecule has 3 aromatic carbocycles. The Labute approximate surface area is 219 Å². The summed E-state index contributed by atoms with van der Waals surface area (Å²) in [4.78, 5) is 31.5. The van der Waals surface area contributed by atoms with Crippen molar-refractivity contribution in [3.63, 3.8) is 0 Å². The fraction of sp³-hybridized carbons (Fsp3) is 0.290. The number of hydrogen-bond donors (Lipinski definition) is 3. The molecule has 2 atom stereocenters. The number of nitrogens with one attached hydrogen (secondary N) is 3. The summed E-state index contributed by atoms with van der Waals surface area (Å²) in [6.45, 7) is 4.31. The van der Waals surface area contributed by atoms with Crippen LogP contribution >= 0.6 is 0 Å². The summed E-state index contributed by atoms with van der Waals surface area (Å²) in [7, 11) is 4.04. The molecule has 0 aliphatic heterocycles. The van der Waals surface area contributed by atoms with Gasteiger partial charge < -0.3 is 20.5 Å². The van der Waals surface area contributed by atoms with E-state index >= 15 is 0 Å². The standard InChI is InChI=1S/C31H36N4O2/c1-21(2)30(34-29(36)18-22-10-6-5-7-11-22)31(37)33-19-26(23-14-16-24(17-15-23)35(3)4)27-20-32-28-13-9-8-12-25(27)28/h5-17,20-21,26,30,32H,18-19H2,1-4H3,(H,33,37)(H,34,36). The number of aromatic amines is 1. The number of para-hydroxylation sites is 1. The zero-order valence-corrected chi connectivity index (χ0v) is 22.0. The molecule has 192 valence electrons. The van der Waals surface area contributed by atoms with Crippen molar-refractivity contribution in [1.82, 2.24) is 15.6 Å². The van der Waals surface area contributed by atoms with E-state index in [1.54, 1.807) is 0 Å². The van der Waals surface area contributed by atoms with Crippen molar-refractivity contribution in [3.05, 3.63) is 102 Å². The lowest BCUT2D eigenvalue weighted by molar-refractivity contribution is -0.129. The highest BCUT2D eigenvalue weighted by Crippen LogP contribution is 2.31. The predicted octanol–water partition coefficient (Wildman–Crippen LogP) is 4.87. The van der Waals surface area contributed by atoms with Gasteiger partial charge in [-0.3, -0.25) is 9.59 Å². The largest absolute Gasteiger partial charge is 0.378 e. The molecular weight excluding hydrogens is 460 g/mol. The lowest BCUT2D eigenvalue weighted by atomic mass is 9.90. The van der Waals surface area contributed by atoms with Gasteiger partial charge in [0.15, 0.2) is 0 Å².